The Balaban J connectivity index is 2.21. The Morgan fingerprint density at radius 1 is 1.18 bits per heavy atom. The van der Waals surface area contributed by atoms with Crippen LogP contribution in [0.2, 0.25) is 5.02 Å². The number of anilines is 1. The lowest BCUT2D eigenvalue weighted by Gasteiger charge is -2.34. The molecule has 0 radical (unpaired) electrons. The first-order valence-corrected chi connectivity index (χ1v) is 9.03. The van der Waals surface area contributed by atoms with Crippen molar-refractivity contribution in [1.29, 1.82) is 0 Å². The molecule has 1 aromatic carbocycles. The summed E-state index contributed by atoms with van der Waals surface area (Å²) in [6.45, 7) is 3.43. The van der Waals surface area contributed by atoms with Crippen LogP contribution in [0.25, 0.3) is 11.0 Å². The lowest BCUT2D eigenvalue weighted by molar-refractivity contribution is -0.159. The molecule has 0 saturated carbocycles. The summed E-state index contributed by atoms with van der Waals surface area (Å²) in [4.78, 5) is 33.6. The zero-order valence-electron chi connectivity index (χ0n) is 15.6. The Kier molecular flexibility index (Phi) is 5.48. The summed E-state index contributed by atoms with van der Waals surface area (Å²) in [6, 6.07) is 4.88. The first kappa shape index (κ1) is 20.0. The fraction of sp³-hybridized carbons (Fsp3) is 0.389. The third kappa shape index (κ3) is 3.38. The van der Waals surface area contributed by atoms with Crippen molar-refractivity contribution in [3.63, 3.8) is 0 Å². The second-order valence-electron chi connectivity index (χ2n) is 6.01. The van der Waals surface area contributed by atoms with E-state index in [1.807, 2.05) is 0 Å². The van der Waals surface area contributed by atoms with E-state index in [-0.39, 0.29) is 30.4 Å². The molecular weight excluding hydrogens is 388 g/mol. The van der Waals surface area contributed by atoms with Gasteiger partial charge in [-0.25, -0.2) is 19.8 Å². The third-order valence-electron chi connectivity index (χ3n) is 4.13. The van der Waals surface area contributed by atoms with E-state index < -0.39 is 24.0 Å². The van der Waals surface area contributed by atoms with E-state index in [9.17, 15) is 14.7 Å². The Morgan fingerprint density at radius 2 is 1.89 bits per heavy atom. The number of halogens is 1. The summed E-state index contributed by atoms with van der Waals surface area (Å²) in [6.07, 6.45) is -0.414. The molecule has 1 aliphatic heterocycles. The smallest absolute Gasteiger partial charge is 0.350 e. The van der Waals surface area contributed by atoms with Gasteiger partial charge in [0.15, 0.2) is 5.82 Å². The van der Waals surface area contributed by atoms with E-state index in [1.54, 1.807) is 39.1 Å². The second-order valence-corrected chi connectivity index (χ2v) is 6.45. The van der Waals surface area contributed by atoms with Crippen molar-refractivity contribution in [3.05, 3.63) is 28.9 Å². The molecule has 2 heterocycles. The highest BCUT2D eigenvalue weighted by Gasteiger charge is 2.52. The zero-order chi connectivity index (χ0) is 20.5. The van der Waals surface area contributed by atoms with Crippen molar-refractivity contribution >= 4 is 46.1 Å². The number of aliphatic hydroxyl groups is 1. The van der Waals surface area contributed by atoms with Crippen LogP contribution in [0.3, 0.4) is 0 Å². The van der Waals surface area contributed by atoms with E-state index in [0.29, 0.717) is 16.1 Å². The molecule has 1 N–H and O–H groups in total. The van der Waals surface area contributed by atoms with Crippen LogP contribution >= 0.6 is 11.6 Å². The van der Waals surface area contributed by atoms with Crippen LogP contribution in [-0.2, 0) is 24.7 Å². The Morgan fingerprint density at radius 3 is 2.57 bits per heavy atom. The molecule has 1 unspecified atom stereocenters. The van der Waals surface area contributed by atoms with Crippen LogP contribution in [0, 0.1) is 0 Å². The second kappa shape index (κ2) is 7.69. The number of hydrogen-bond donors (Lipinski definition) is 1. The predicted octanol–water partition coefficient (Wildman–Crippen LogP) is 1.79. The van der Waals surface area contributed by atoms with Gasteiger partial charge < -0.3 is 14.6 Å². The molecule has 1 aliphatic rings. The minimum absolute atomic E-state index is 0.0197. The van der Waals surface area contributed by atoms with Gasteiger partial charge in [0.25, 0.3) is 0 Å². The first-order valence-electron chi connectivity index (χ1n) is 8.65. The number of hydrogen-bond acceptors (Lipinski definition) is 9. The number of benzene rings is 1. The number of carbonyl (C=O) groups excluding carboxylic acids is 2. The normalized spacial score (nSPS) is 18.5. The molecule has 0 fully saturated rings. The van der Waals surface area contributed by atoms with Gasteiger partial charge in [-0.15, -0.1) is 0 Å². The van der Waals surface area contributed by atoms with E-state index >= 15 is 0 Å². The van der Waals surface area contributed by atoms with Gasteiger partial charge in [-0.1, -0.05) is 11.6 Å². The van der Waals surface area contributed by atoms with Crippen LogP contribution in [0.5, 0.6) is 0 Å². The number of fused-ring (bicyclic) bond motifs is 2. The van der Waals surface area contributed by atoms with Crippen LogP contribution in [0.1, 0.15) is 26.0 Å². The topological polar surface area (TPSA) is 114 Å². The molecule has 2 aromatic rings. The summed E-state index contributed by atoms with van der Waals surface area (Å²) in [5.74, 6) is -1.47. The molecule has 1 aromatic heterocycles. The monoisotopic (exact) mass is 406 g/mol. The minimum Gasteiger partial charge on any atom is -0.466 e. The van der Waals surface area contributed by atoms with Gasteiger partial charge in [-0.05, 0) is 32.0 Å². The molecule has 1 atom stereocenters. The van der Waals surface area contributed by atoms with E-state index in [1.165, 1.54) is 5.01 Å². The summed E-state index contributed by atoms with van der Waals surface area (Å²) in [5, 5.41) is 17.3. The Labute approximate surface area is 165 Å². The van der Waals surface area contributed by atoms with E-state index in [2.05, 4.69) is 15.1 Å². The highest BCUT2D eigenvalue weighted by molar-refractivity contribution is 6.31. The van der Waals surface area contributed by atoms with Crippen LogP contribution in [-0.4, -0.2) is 53.0 Å². The van der Waals surface area contributed by atoms with E-state index in [0.717, 1.165) is 0 Å². The Hall–Kier alpha value is -2.78. The molecule has 0 spiro atoms. The molecule has 28 heavy (non-hydrogen) atoms. The van der Waals surface area contributed by atoms with Gasteiger partial charge in [0, 0.05) is 12.1 Å². The summed E-state index contributed by atoms with van der Waals surface area (Å²) >= 11 is 6.03. The van der Waals surface area contributed by atoms with Gasteiger partial charge in [-0.2, -0.15) is 5.10 Å². The van der Waals surface area contributed by atoms with Crippen LogP contribution in [0.15, 0.2) is 23.3 Å². The standard InChI is InChI=1S/C18H19ClN4O5/c1-4-27-14(24)9-13-18(26,17(25)28-5-2)15-16(23(3)22-13)21-11-7-6-10(19)8-12(11)20-15/h6-8,26H,4-5,9H2,1-3H3. The summed E-state index contributed by atoms with van der Waals surface area (Å²) in [5.41, 5.74) is -1.74. The number of nitrogens with zero attached hydrogens (tertiary/aromatic N) is 4. The largest absolute Gasteiger partial charge is 0.466 e. The highest BCUT2D eigenvalue weighted by Crippen LogP contribution is 2.37. The fourth-order valence-corrected chi connectivity index (χ4v) is 3.05. The molecule has 10 heteroatoms. The number of rotatable bonds is 5. The number of hydrazone groups is 1. The molecule has 148 valence electrons. The molecule has 0 bridgehead atoms. The molecule has 3 rings (SSSR count). The van der Waals surface area contributed by atoms with Crippen molar-refractivity contribution in [2.45, 2.75) is 25.9 Å². The maximum Gasteiger partial charge on any atom is 0.350 e. The van der Waals surface area contributed by atoms with Gasteiger partial charge in [-0.3, -0.25) is 4.79 Å². The molecular formula is C18H19ClN4O5. The summed E-state index contributed by atoms with van der Waals surface area (Å²) in [7, 11) is 1.57. The molecule has 9 nitrogen and oxygen atoms in total. The quantitative estimate of drug-likeness (QED) is 0.747. The number of aromatic nitrogens is 2. The predicted molar refractivity (Wildman–Crippen MR) is 102 cm³/mol. The van der Waals surface area contributed by atoms with Crippen molar-refractivity contribution in [3.8, 4) is 0 Å². The fourth-order valence-electron chi connectivity index (χ4n) is 2.89. The maximum absolute atomic E-state index is 12.7. The summed E-state index contributed by atoms with van der Waals surface area (Å²) < 4.78 is 9.98. The van der Waals surface area contributed by atoms with Gasteiger partial charge >= 0.3 is 11.9 Å². The lowest BCUT2D eigenvalue weighted by atomic mass is 9.89. The van der Waals surface area contributed by atoms with Crippen molar-refractivity contribution in [2.75, 3.05) is 25.3 Å². The van der Waals surface area contributed by atoms with Crippen molar-refractivity contribution in [1.82, 2.24) is 9.97 Å². The average Bonchev–Trinajstić information content (AvgIpc) is 2.65. The van der Waals surface area contributed by atoms with Crippen LogP contribution < -0.4 is 5.01 Å². The molecule has 0 aliphatic carbocycles. The minimum atomic E-state index is -2.38. The van der Waals surface area contributed by atoms with Crippen LogP contribution in [0.4, 0.5) is 5.82 Å². The van der Waals surface area contributed by atoms with Gasteiger partial charge in [0.1, 0.15) is 5.69 Å². The highest BCUT2D eigenvalue weighted by atomic mass is 35.5. The van der Waals surface area contributed by atoms with E-state index in [4.69, 9.17) is 21.1 Å². The van der Waals surface area contributed by atoms with Gasteiger partial charge in [0.2, 0.25) is 5.60 Å². The SMILES string of the molecule is CCOC(=O)CC1=NN(C)c2nc3ccc(Cl)cc3nc2C1(O)C(=O)OCC. The molecule has 0 amide bonds. The van der Waals surface area contributed by atoms with Crippen molar-refractivity contribution < 1.29 is 24.2 Å². The Bertz CT molecular complexity index is 980. The number of carbonyl (C=O) groups is 2. The zero-order valence-corrected chi connectivity index (χ0v) is 16.4. The number of esters is 2. The maximum atomic E-state index is 12.7. The molecule has 0 saturated heterocycles. The third-order valence-corrected chi connectivity index (χ3v) is 4.37. The van der Waals surface area contributed by atoms with Gasteiger partial charge in [0.05, 0.1) is 36.4 Å². The average molecular weight is 407 g/mol. The van der Waals surface area contributed by atoms with Crippen molar-refractivity contribution in [2.24, 2.45) is 5.10 Å². The first-order chi connectivity index (χ1) is 13.3. The lowest BCUT2D eigenvalue weighted by Crippen LogP contribution is -2.50. The number of ether oxygens (including phenoxy) is 2.